The average molecular weight is 413 g/mol. The number of rotatable bonds is 6. The van der Waals surface area contributed by atoms with Crippen molar-refractivity contribution in [2.24, 2.45) is 52.3 Å². The third-order valence-electron chi connectivity index (χ3n) is 10.8. The minimum atomic E-state index is -0.260. The van der Waals surface area contributed by atoms with E-state index in [9.17, 15) is 5.11 Å². The Morgan fingerprint density at radius 3 is 2.53 bits per heavy atom. The minimum Gasteiger partial charge on any atom is -0.389 e. The van der Waals surface area contributed by atoms with Crippen LogP contribution in [0.5, 0.6) is 0 Å². The Hall–Kier alpha value is -0.560. The molecule has 0 spiro atoms. The number of allylic oxidation sites excluding steroid dienone is 2. The minimum absolute atomic E-state index is 0.207. The van der Waals surface area contributed by atoms with Gasteiger partial charge in [-0.2, -0.15) is 0 Å². The third-order valence-corrected chi connectivity index (χ3v) is 10.8. The van der Waals surface area contributed by atoms with Gasteiger partial charge in [-0.05, 0) is 91.8 Å². The molecule has 0 unspecified atom stereocenters. The van der Waals surface area contributed by atoms with Gasteiger partial charge in [0.15, 0.2) is 0 Å². The van der Waals surface area contributed by atoms with E-state index < -0.39 is 0 Å². The van der Waals surface area contributed by atoms with Crippen LogP contribution in [0.4, 0.5) is 0 Å². The molecule has 4 aliphatic carbocycles. The summed E-state index contributed by atoms with van der Waals surface area (Å²) in [6.07, 6.45) is 18.8. The Labute approximate surface area is 186 Å². The Bertz CT molecular complexity index is 674. The Kier molecular flexibility index (Phi) is 6.35. The van der Waals surface area contributed by atoms with Crippen LogP contribution in [0.3, 0.4) is 0 Å². The molecular formula is C29H48O. The van der Waals surface area contributed by atoms with Gasteiger partial charge >= 0.3 is 0 Å². The topological polar surface area (TPSA) is 20.2 Å². The second kappa shape index (κ2) is 8.42. The standard InChI is InChI=1S/C29H48O/c1-7-21(19(2)3)9-8-20(4)25-12-13-26-24-11-10-22-18-23(30)14-16-28(22,5)27(24)15-17-29(25,26)6/h10,14,16,19-21,23-27,30H,7-9,11-13,15,17-18H2,1-6H3/t20-,21+,23+,24+,25-,26+,27+,28+,29-/m1/s1. The molecule has 0 amide bonds. The molecule has 0 aliphatic heterocycles. The molecule has 0 saturated heterocycles. The number of hydrogen-bond donors (Lipinski definition) is 1. The van der Waals surface area contributed by atoms with Crippen molar-refractivity contribution in [3.8, 4) is 0 Å². The maximum Gasteiger partial charge on any atom is 0.0758 e. The highest BCUT2D eigenvalue weighted by Gasteiger charge is 2.58. The van der Waals surface area contributed by atoms with Crippen LogP contribution in [-0.4, -0.2) is 11.2 Å². The molecule has 170 valence electrons. The third kappa shape index (κ3) is 3.66. The van der Waals surface area contributed by atoms with Gasteiger partial charge in [-0.15, -0.1) is 0 Å². The molecule has 2 fully saturated rings. The van der Waals surface area contributed by atoms with E-state index in [4.69, 9.17) is 0 Å². The van der Waals surface area contributed by atoms with Crippen molar-refractivity contribution in [3.05, 3.63) is 23.8 Å². The summed E-state index contributed by atoms with van der Waals surface area (Å²) in [5, 5.41) is 10.2. The number of fused-ring (bicyclic) bond motifs is 5. The van der Waals surface area contributed by atoms with Crippen molar-refractivity contribution in [2.45, 2.75) is 105 Å². The summed E-state index contributed by atoms with van der Waals surface area (Å²) >= 11 is 0. The van der Waals surface area contributed by atoms with Gasteiger partial charge in [0.25, 0.3) is 0 Å². The summed E-state index contributed by atoms with van der Waals surface area (Å²) in [7, 11) is 0. The van der Waals surface area contributed by atoms with E-state index in [0.29, 0.717) is 5.41 Å². The Morgan fingerprint density at radius 2 is 1.83 bits per heavy atom. The zero-order chi connectivity index (χ0) is 21.7. The fraction of sp³-hybridized carbons (Fsp3) is 0.862. The maximum atomic E-state index is 10.2. The lowest BCUT2D eigenvalue weighted by atomic mass is 9.48. The molecular weight excluding hydrogens is 364 g/mol. The van der Waals surface area contributed by atoms with Gasteiger partial charge in [0.2, 0.25) is 0 Å². The molecule has 0 aromatic carbocycles. The molecule has 30 heavy (non-hydrogen) atoms. The van der Waals surface area contributed by atoms with Crippen molar-refractivity contribution in [3.63, 3.8) is 0 Å². The fourth-order valence-corrected chi connectivity index (χ4v) is 8.90. The van der Waals surface area contributed by atoms with Gasteiger partial charge in [-0.25, -0.2) is 0 Å². The van der Waals surface area contributed by atoms with Gasteiger partial charge < -0.3 is 5.11 Å². The molecule has 1 nitrogen and oxygen atoms in total. The molecule has 0 aromatic rings. The molecule has 4 rings (SSSR count). The second-order valence-corrected chi connectivity index (χ2v) is 12.5. The van der Waals surface area contributed by atoms with E-state index >= 15 is 0 Å². The van der Waals surface area contributed by atoms with E-state index in [0.717, 1.165) is 47.8 Å². The molecule has 0 heterocycles. The largest absolute Gasteiger partial charge is 0.389 e. The number of aliphatic hydroxyl groups excluding tert-OH is 1. The van der Waals surface area contributed by atoms with Crippen molar-refractivity contribution < 1.29 is 5.11 Å². The van der Waals surface area contributed by atoms with Crippen molar-refractivity contribution in [2.75, 3.05) is 0 Å². The molecule has 0 radical (unpaired) electrons. The summed E-state index contributed by atoms with van der Waals surface area (Å²) in [5.41, 5.74) is 2.29. The number of aliphatic hydroxyl groups is 1. The first kappa shape index (κ1) is 22.6. The van der Waals surface area contributed by atoms with Crippen LogP contribution in [0.15, 0.2) is 23.8 Å². The first-order valence-electron chi connectivity index (χ1n) is 13.3. The summed E-state index contributed by atoms with van der Waals surface area (Å²) < 4.78 is 0. The Morgan fingerprint density at radius 1 is 1.07 bits per heavy atom. The summed E-state index contributed by atoms with van der Waals surface area (Å²) in [4.78, 5) is 0. The zero-order valence-electron chi connectivity index (χ0n) is 20.7. The van der Waals surface area contributed by atoms with Crippen LogP contribution in [0, 0.1) is 52.3 Å². The lowest BCUT2D eigenvalue weighted by Gasteiger charge is -2.57. The van der Waals surface area contributed by atoms with Gasteiger partial charge in [-0.3, -0.25) is 0 Å². The SMILES string of the molecule is CC[C@@H](CC[C@@H](C)[C@H]1CC[C@H]2[C@@H]3CC=C4C[C@@H](O)C=C[C@]4(C)[C@H]3CC[C@]12C)C(C)C. The molecule has 4 aliphatic rings. The van der Waals surface area contributed by atoms with E-state index in [1.807, 2.05) is 0 Å². The molecule has 0 bridgehead atoms. The van der Waals surface area contributed by atoms with Crippen LogP contribution in [0.25, 0.3) is 0 Å². The number of hydrogen-bond acceptors (Lipinski definition) is 1. The Balaban J connectivity index is 1.48. The second-order valence-electron chi connectivity index (χ2n) is 12.5. The van der Waals surface area contributed by atoms with Crippen LogP contribution in [-0.2, 0) is 0 Å². The van der Waals surface area contributed by atoms with Crippen molar-refractivity contribution in [1.82, 2.24) is 0 Å². The van der Waals surface area contributed by atoms with E-state index in [2.05, 4.69) is 59.8 Å². The lowest BCUT2D eigenvalue weighted by molar-refractivity contribution is -0.0360. The molecule has 2 saturated carbocycles. The smallest absolute Gasteiger partial charge is 0.0758 e. The first-order chi connectivity index (χ1) is 14.2. The fourth-order valence-electron chi connectivity index (χ4n) is 8.90. The molecule has 0 aromatic heterocycles. The van der Waals surface area contributed by atoms with Gasteiger partial charge in [0, 0.05) is 5.41 Å². The molecule has 1 heteroatoms. The summed E-state index contributed by atoms with van der Waals surface area (Å²) in [5.74, 6) is 6.09. The monoisotopic (exact) mass is 412 g/mol. The van der Waals surface area contributed by atoms with Crippen LogP contribution in [0.1, 0.15) is 99.3 Å². The van der Waals surface area contributed by atoms with Gasteiger partial charge in [-0.1, -0.05) is 78.2 Å². The van der Waals surface area contributed by atoms with E-state index in [1.165, 1.54) is 56.9 Å². The predicted molar refractivity (Wildman–Crippen MR) is 128 cm³/mol. The first-order valence-corrected chi connectivity index (χ1v) is 13.3. The molecule has 9 atom stereocenters. The molecule has 1 N–H and O–H groups in total. The van der Waals surface area contributed by atoms with Crippen LogP contribution >= 0.6 is 0 Å². The van der Waals surface area contributed by atoms with E-state index in [1.54, 1.807) is 0 Å². The lowest BCUT2D eigenvalue weighted by Crippen LogP contribution is -2.49. The summed E-state index contributed by atoms with van der Waals surface area (Å²) in [6.45, 7) is 15.0. The highest BCUT2D eigenvalue weighted by Crippen LogP contribution is 2.66. The summed E-state index contributed by atoms with van der Waals surface area (Å²) in [6, 6.07) is 0. The normalized spacial score (nSPS) is 44.8. The van der Waals surface area contributed by atoms with E-state index in [-0.39, 0.29) is 11.5 Å². The maximum absolute atomic E-state index is 10.2. The van der Waals surface area contributed by atoms with Crippen molar-refractivity contribution in [1.29, 1.82) is 0 Å². The quantitative estimate of drug-likeness (QED) is 0.441. The predicted octanol–water partition coefficient (Wildman–Crippen LogP) is 7.80. The zero-order valence-corrected chi connectivity index (χ0v) is 20.7. The highest BCUT2D eigenvalue weighted by atomic mass is 16.3. The van der Waals surface area contributed by atoms with Gasteiger partial charge in [0.1, 0.15) is 0 Å². The average Bonchev–Trinajstić information content (AvgIpc) is 3.06. The van der Waals surface area contributed by atoms with Crippen molar-refractivity contribution >= 4 is 0 Å². The van der Waals surface area contributed by atoms with Crippen LogP contribution < -0.4 is 0 Å². The highest BCUT2D eigenvalue weighted by molar-refractivity contribution is 5.32. The van der Waals surface area contributed by atoms with Gasteiger partial charge in [0.05, 0.1) is 6.10 Å². The van der Waals surface area contributed by atoms with Crippen LogP contribution in [0.2, 0.25) is 0 Å².